The van der Waals surface area contributed by atoms with Crippen LogP contribution in [0.2, 0.25) is 0 Å². The molecule has 0 aliphatic heterocycles. The zero-order chi connectivity index (χ0) is 14.1. The summed E-state index contributed by atoms with van der Waals surface area (Å²) >= 11 is 0. The van der Waals surface area contributed by atoms with Crippen molar-refractivity contribution in [1.29, 1.82) is 0 Å². The first-order chi connectivity index (χ1) is 9.07. The molecule has 6 heteroatoms. The predicted octanol–water partition coefficient (Wildman–Crippen LogP) is 1.79. The van der Waals surface area contributed by atoms with Gasteiger partial charge in [0, 0.05) is 12.6 Å². The fourth-order valence-corrected chi connectivity index (χ4v) is 2.67. The highest BCUT2D eigenvalue weighted by Gasteiger charge is 2.08. The normalized spacial score (nSPS) is 11.3. The van der Waals surface area contributed by atoms with Crippen molar-refractivity contribution in [3.05, 3.63) is 24.3 Å². The summed E-state index contributed by atoms with van der Waals surface area (Å²) in [5.41, 5.74) is 0. The number of benzene rings is 1. The van der Waals surface area contributed by atoms with Gasteiger partial charge in [0.15, 0.2) is 0 Å². The van der Waals surface area contributed by atoms with Crippen molar-refractivity contribution >= 4 is 10.0 Å². The third-order valence-electron chi connectivity index (χ3n) is 2.50. The van der Waals surface area contributed by atoms with Crippen LogP contribution in [0.3, 0.4) is 0 Å². The van der Waals surface area contributed by atoms with Gasteiger partial charge >= 0.3 is 0 Å². The first-order valence-corrected chi connectivity index (χ1v) is 7.97. The smallest absolute Gasteiger partial charge is 0.211 e. The second-order valence-electron chi connectivity index (χ2n) is 4.09. The van der Waals surface area contributed by atoms with Crippen molar-refractivity contribution in [3.63, 3.8) is 0 Å². The second kappa shape index (κ2) is 8.01. The van der Waals surface area contributed by atoms with E-state index in [2.05, 4.69) is 4.72 Å². The van der Waals surface area contributed by atoms with Crippen LogP contribution in [-0.4, -0.2) is 34.4 Å². The van der Waals surface area contributed by atoms with E-state index in [1.807, 2.05) is 19.1 Å². The molecule has 5 nitrogen and oxygen atoms in total. The van der Waals surface area contributed by atoms with Crippen molar-refractivity contribution in [2.45, 2.75) is 19.8 Å². The van der Waals surface area contributed by atoms with Crippen LogP contribution in [-0.2, 0) is 10.0 Å². The SMILES string of the molecule is CCCCS(=O)(=O)NCCOc1cccc(OC)c1. The fourth-order valence-electron chi connectivity index (χ4n) is 1.46. The Morgan fingerprint density at radius 1 is 1.26 bits per heavy atom. The highest BCUT2D eigenvalue weighted by atomic mass is 32.2. The molecular weight excluding hydrogens is 266 g/mol. The van der Waals surface area contributed by atoms with E-state index in [0.717, 1.165) is 6.42 Å². The molecule has 0 aliphatic carbocycles. The molecule has 0 saturated carbocycles. The highest BCUT2D eigenvalue weighted by molar-refractivity contribution is 7.89. The number of ether oxygens (including phenoxy) is 2. The molecule has 0 saturated heterocycles. The van der Waals surface area contributed by atoms with Gasteiger partial charge in [-0.05, 0) is 18.6 Å². The molecule has 0 fully saturated rings. The quantitative estimate of drug-likeness (QED) is 0.703. The number of methoxy groups -OCH3 is 1. The van der Waals surface area contributed by atoms with Gasteiger partial charge in [-0.15, -0.1) is 0 Å². The highest BCUT2D eigenvalue weighted by Crippen LogP contribution is 2.18. The van der Waals surface area contributed by atoms with Gasteiger partial charge in [0.1, 0.15) is 18.1 Å². The lowest BCUT2D eigenvalue weighted by Crippen LogP contribution is -2.30. The summed E-state index contributed by atoms with van der Waals surface area (Å²) in [6.07, 6.45) is 1.54. The minimum absolute atomic E-state index is 0.169. The van der Waals surface area contributed by atoms with Crippen molar-refractivity contribution < 1.29 is 17.9 Å². The van der Waals surface area contributed by atoms with Crippen molar-refractivity contribution in [2.75, 3.05) is 26.0 Å². The third-order valence-corrected chi connectivity index (χ3v) is 3.97. The lowest BCUT2D eigenvalue weighted by atomic mass is 10.3. The van der Waals surface area contributed by atoms with Crippen LogP contribution in [0.4, 0.5) is 0 Å². The van der Waals surface area contributed by atoms with E-state index in [0.29, 0.717) is 24.5 Å². The minimum Gasteiger partial charge on any atom is -0.497 e. The van der Waals surface area contributed by atoms with Crippen molar-refractivity contribution in [3.8, 4) is 11.5 Å². The van der Waals surface area contributed by atoms with E-state index in [4.69, 9.17) is 9.47 Å². The van der Waals surface area contributed by atoms with Crippen LogP contribution in [0.1, 0.15) is 19.8 Å². The maximum atomic E-state index is 11.5. The molecule has 1 rings (SSSR count). The Kier molecular flexibility index (Phi) is 6.66. The number of sulfonamides is 1. The van der Waals surface area contributed by atoms with Crippen LogP contribution in [0.15, 0.2) is 24.3 Å². The summed E-state index contributed by atoms with van der Waals surface area (Å²) < 4.78 is 36.0. The zero-order valence-corrected chi connectivity index (χ0v) is 12.2. The van der Waals surface area contributed by atoms with Crippen molar-refractivity contribution in [2.24, 2.45) is 0 Å². The molecule has 0 atom stereocenters. The zero-order valence-electron chi connectivity index (χ0n) is 11.4. The molecule has 0 radical (unpaired) electrons. The first-order valence-electron chi connectivity index (χ1n) is 6.31. The first kappa shape index (κ1) is 15.8. The molecule has 1 aromatic carbocycles. The summed E-state index contributed by atoms with van der Waals surface area (Å²) in [5, 5.41) is 0. The van der Waals surface area contributed by atoms with E-state index in [1.54, 1.807) is 19.2 Å². The maximum absolute atomic E-state index is 11.5. The van der Waals surface area contributed by atoms with E-state index in [9.17, 15) is 8.42 Å². The Morgan fingerprint density at radius 2 is 2.00 bits per heavy atom. The fraction of sp³-hybridized carbons (Fsp3) is 0.538. The molecule has 19 heavy (non-hydrogen) atoms. The lowest BCUT2D eigenvalue weighted by Gasteiger charge is -2.09. The Hall–Kier alpha value is -1.27. The predicted molar refractivity (Wildman–Crippen MR) is 75.2 cm³/mol. The lowest BCUT2D eigenvalue weighted by molar-refractivity contribution is 0.320. The average Bonchev–Trinajstić information content (AvgIpc) is 2.42. The number of nitrogens with one attached hydrogen (secondary N) is 1. The largest absolute Gasteiger partial charge is 0.497 e. The summed E-state index contributed by atoms with van der Waals surface area (Å²) in [6, 6.07) is 7.19. The van der Waals surface area contributed by atoms with Gasteiger partial charge < -0.3 is 9.47 Å². The summed E-state index contributed by atoms with van der Waals surface area (Å²) in [4.78, 5) is 0. The van der Waals surface area contributed by atoms with E-state index >= 15 is 0 Å². The summed E-state index contributed by atoms with van der Waals surface area (Å²) in [6.45, 7) is 2.52. The van der Waals surface area contributed by atoms with Gasteiger partial charge in [0.25, 0.3) is 0 Å². The van der Waals surface area contributed by atoms with Crippen LogP contribution in [0.25, 0.3) is 0 Å². The van der Waals surface area contributed by atoms with E-state index in [-0.39, 0.29) is 12.3 Å². The van der Waals surface area contributed by atoms with Gasteiger partial charge in [-0.25, -0.2) is 13.1 Å². The molecule has 1 N–H and O–H groups in total. The molecule has 0 aromatic heterocycles. The molecule has 1 aromatic rings. The van der Waals surface area contributed by atoms with Crippen LogP contribution in [0.5, 0.6) is 11.5 Å². The molecular formula is C13H21NO4S. The number of hydrogen-bond acceptors (Lipinski definition) is 4. The molecule has 0 bridgehead atoms. The Morgan fingerprint density at radius 3 is 2.68 bits per heavy atom. The van der Waals surface area contributed by atoms with Gasteiger partial charge in [0.05, 0.1) is 12.9 Å². The molecule has 0 unspecified atom stereocenters. The van der Waals surface area contributed by atoms with Crippen LogP contribution >= 0.6 is 0 Å². The molecule has 0 spiro atoms. The van der Waals surface area contributed by atoms with E-state index < -0.39 is 10.0 Å². The van der Waals surface area contributed by atoms with Crippen molar-refractivity contribution in [1.82, 2.24) is 4.72 Å². The van der Waals surface area contributed by atoms with Crippen LogP contribution < -0.4 is 14.2 Å². The summed E-state index contributed by atoms with van der Waals surface area (Å²) in [5.74, 6) is 1.54. The topological polar surface area (TPSA) is 64.6 Å². The number of unbranched alkanes of at least 4 members (excludes halogenated alkanes) is 1. The molecule has 0 amide bonds. The third kappa shape index (κ3) is 6.45. The summed E-state index contributed by atoms with van der Waals surface area (Å²) in [7, 11) is -1.58. The Labute approximate surface area is 115 Å². The van der Waals surface area contributed by atoms with Gasteiger partial charge in [-0.1, -0.05) is 19.4 Å². The van der Waals surface area contributed by atoms with Crippen LogP contribution in [0, 0.1) is 0 Å². The molecule has 0 heterocycles. The maximum Gasteiger partial charge on any atom is 0.211 e. The van der Waals surface area contributed by atoms with Gasteiger partial charge in [0.2, 0.25) is 10.0 Å². The Bertz CT molecular complexity index is 473. The number of rotatable bonds is 9. The average molecular weight is 287 g/mol. The Balaban J connectivity index is 2.30. The van der Waals surface area contributed by atoms with E-state index in [1.165, 1.54) is 0 Å². The second-order valence-corrected chi connectivity index (χ2v) is 6.02. The standard InChI is InChI=1S/C13H21NO4S/c1-3-4-10-19(15,16)14-8-9-18-13-7-5-6-12(11-13)17-2/h5-7,11,14H,3-4,8-10H2,1-2H3. The minimum atomic E-state index is -3.17. The molecule has 108 valence electrons. The van der Waals surface area contributed by atoms with Gasteiger partial charge in [-0.3, -0.25) is 0 Å². The van der Waals surface area contributed by atoms with Gasteiger partial charge in [-0.2, -0.15) is 0 Å². The number of hydrogen-bond donors (Lipinski definition) is 1. The molecule has 0 aliphatic rings. The monoisotopic (exact) mass is 287 g/mol.